The van der Waals surface area contributed by atoms with Gasteiger partial charge in [0.05, 0.1) is 0 Å². The van der Waals surface area contributed by atoms with Gasteiger partial charge in [0.15, 0.2) is 0 Å². The molecule has 1 unspecified atom stereocenters. The molecule has 2 aromatic carbocycles. The Balaban J connectivity index is 2.26. The van der Waals surface area contributed by atoms with Gasteiger partial charge in [-0.15, -0.1) is 0 Å². The molecule has 20 heavy (non-hydrogen) atoms. The van der Waals surface area contributed by atoms with Crippen LogP contribution in [0.5, 0.6) is 0 Å². The predicted octanol–water partition coefficient (Wildman–Crippen LogP) is 4.08. The second-order valence-corrected chi connectivity index (χ2v) is 5.12. The highest BCUT2D eigenvalue weighted by Crippen LogP contribution is 2.22. The summed E-state index contributed by atoms with van der Waals surface area (Å²) in [6.07, 6.45) is 0.700. The minimum atomic E-state index is -0.228. The van der Waals surface area contributed by atoms with Crippen molar-refractivity contribution in [1.82, 2.24) is 5.32 Å². The molecule has 0 amide bonds. The summed E-state index contributed by atoms with van der Waals surface area (Å²) in [5.41, 5.74) is 3.52. The zero-order valence-corrected chi connectivity index (χ0v) is 12.0. The Morgan fingerprint density at radius 1 is 1.00 bits per heavy atom. The lowest BCUT2D eigenvalue weighted by Crippen LogP contribution is -2.19. The van der Waals surface area contributed by atoms with Crippen LogP contribution in [0, 0.1) is 25.5 Å². The monoisotopic (exact) mass is 275 g/mol. The summed E-state index contributed by atoms with van der Waals surface area (Å²) >= 11 is 0. The average molecular weight is 275 g/mol. The number of benzene rings is 2. The lowest BCUT2D eigenvalue weighted by Gasteiger charge is -2.18. The van der Waals surface area contributed by atoms with Crippen molar-refractivity contribution in [3.63, 3.8) is 0 Å². The maximum absolute atomic E-state index is 13.7. The first kappa shape index (κ1) is 14.7. The molecule has 0 fully saturated rings. The lowest BCUT2D eigenvalue weighted by atomic mass is 9.95. The molecule has 0 heterocycles. The second kappa shape index (κ2) is 6.14. The van der Waals surface area contributed by atoms with Crippen LogP contribution in [-0.2, 0) is 6.42 Å². The van der Waals surface area contributed by atoms with Crippen LogP contribution in [0.1, 0.15) is 28.3 Å². The molecule has 0 aliphatic rings. The zero-order chi connectivity index (χ0) is 14.7. The third kappa shape index (κ3) is 3.23. The molecule has 1 atom stereocenters. The highest BCUT2D eigenvalue weighted by Gasteiger charge is 2.13. The number of halogens is 2. The van der Waals surface area contributed by atoms with Gasteiger partial charge in [-0.2, -0.15) is 0 Å². The van der Waals surface area contributed by atoms with Crippen molar-refractivity contribution < 1.29 is 8.78 Å². The molecule has 0 bridgehead atoms. The van der Waals surface area contributed by atoms with Crippen LogP contribution in [-0.4, -0.2) is 7.05 Å². The fraction of sp³-hybridized carbons (Fsp3) is 0.294. The summed E-state index contributed by atoms with van der Waals surface area (Å²) in [6, 6.07) is 10.1. The number of nitrogens with one attached hydrogen (secondary N) is 1. The van der Waals surface area contributed by atoms with Gasteiger partial charge in [-0.25, -0.2) is 8.78 Å². The SMILES string of the molecule is CNC(Cc1ccc(F)cc1C)c1ccc(C)c(F)c1. The Kier molecular flexibility index (Phi) is 4.50. The van der Waals surface area contributed by atoms with Crippen molar-refractivity contribution >= 4 is 0 Å². The summed E-state index contributed by atoms with van der Waals surface area (Å²) in [7, 11) is 1.85. The standard InChI is InChI=1S/C17H19F2N/c1-11-4-5-14(9-16(11)19)17(20-3)10-13-6-7-15(18)8-12(13)2/h4-9,17,20H,10H2,1-3H3. The lowest BCUT2D eigenvalue weighted by molar-refractivity contribution is 0.572. The fourth-order valence-corrected chi connectivity index (χ4v) is 2.32. The fourth-order valence-electron chi connectivity index (χ4n) is 2.32. The molecule has 0 saturated carbocycles. The summed E-state index contributed by atoms with van der Waals surface area (Å²) in [5.74, 6) is -0.424. The van der Waals surface area contributed by atoms with Crippen molar-refractivity contribution in [2.45, 2.75) is 26.3 Å². The van der Waals surface area contributed by atoms with E-state index in [0.717, 1.165) is 16.7 Å². The van der Waals surface area contributed by atoms with Crippen LogP contribution in [0.15, 0.2) is 36.4 Å². The first-order valence-electron chi connectivity index (χ1n) is 6.69. The average Bonchev–Trinajstić information content (AvgIpc) is 2.41. The van der Waals surface area contributed by atoms with Crippen LogP contribution >= 0.6 is 0 Å². The Morgan fingerprint density at radius 2 is 1.75 bits per heavy atom. The molecule has 3 heteroatoms. The Hall–Kier alpha value is -1.74. The van der Waals surface area contributed by atoms with Crippen molar-refractivity contribution in [3.8, 4) is 0 Å². The predicted molar refractivity (Wildman–Crippen MR) is 77.8 cm³/mol. The van der Waals surface area contributed by atoms with Gasteiger partial charge in [0, 0.05) is 6.04 Å². The first-order valence-corrected chi connectivity index (χ1v) is 6.69. The molecule has 2 rings (SSSR count). The Labute approximate surface area is 118 Å². The van der Waals surface area contributed by atoms with Crippen LogP contribution in [0.2, 0.25) is 0 Å². The third-order valence-corrected chi connectivity index (χ3v) is 3.68. The highest BCUT2D eigenvalue weighted by molar-refractivity contribution is 5.31. The van der Waals surface area contributed by atoms with Crippen LogP contribution < -0.4 is 5.32 Å². The van der Waals surface area contributed by atoms with Gasteiger partial charge in [-0.1, -0.05) is 18.2 Å². The minimum absolute atomic E-state index is 0.00858. The molecule has 1 N–H and O–H groups in total. The summed E-state index contributed by atoms with van der Waals surface area (Å²) in [6.45, 7) is 3.64. The maximum Gasteiger partial charge on any atom is 0.126 e. The van der Waals surface area contributed by atoms with Gasteiger partial charge in [0.25, 0.3) is 0 Å². The molecular formula is C17H19F2N. The molecule has 106 valence electrons. The molecule has 0 spiro atoms. The third-order valence-electron chi connectivity index (χ3n) is 3.68. The van der Waals surface area contributed by atoms with Gasteiger partial charge in [0.1, 0.15) is 11.6 Å². The molecule has 1 nitrogen and oxygen atoms in total. The summed E-state index contributed by atoms with van der Waals surface area (Å²) in [4.78, 5) is 0. The molecular weight excluding hydrogens is 256 g/mol. The van der Waals surface area contributed by atoms with E-state index < -0.39 is 0 Å². The Morgan fingerprint density at radius 3 is 2.35 bits per heavy atom. The van der Waals surface area contributed by atoms with E-state index in [1.807, 2.05) is 20.0 Å². The molecule has 0 aliphatic heterocycles. The number of hydrogen-bond donors (Lipinski definition) is 1. The van der Waals surface area contributed by atoms with Crippen molar-refractivity contribution in [3.05, 3.63) is 70.3 Å². The number of rotatable bonds is 4. The summed E-state index contributed by atoms with van der Waals surface area (Å²) in [5, 5.41) is 3.19. The van der Waals surface area contributed by atoms with E-state index >= 15 is 0 Å². The van der Waals surface area contributed by atoms with E-state index in [-0.39, 0.29) is 17.7 Å². The van der Waals surface area contributed by atoms with Crippen LogP contribution in [0.3, 0.4) is 0 Å². The van der Waals surface area contributed by atoms with E-state index in [2.05, 4.69) is 5.32 Å². The van der Waals surface area contributed by atoms with Gasteiger partial charge in [-0.3, -0.25) is 0 Å². The second-order valence-electron chi connectivity index (χ2n) is 5.12. The number of aryl methyl sites for hydroxylation is 2. The Bertz CT molecular complexity index is 608. The van der Waals surface area contributed by atoms with Crippen LogP contribution in [0.25, 0.3) is 0 Å². The largest absolute Gasteiger partial charge is 0.313 e. The summed E-state index contributed by atoms with van der Waals surface area (Å²) < 4.78 is 26.8. The zero-order valence-electron chi connectivity index (χ0n) is 12.0. The quantitative estimate of drug-likeness (QED) is 0.886. The topological polar surface area (TPSA) is 12.0 Å². The molecule has 0 saturated heterocycles. The van der Waals surface area contributed by atoms with Crippen LogP contribution in [0.4, 0.5) is 8.78 Å². The van der Waals surface area contributed by atoms with Gasteiger partial charge < -0.3 is 5.32 Å². The number of likely N-dealkylation sites (N-methyl/N-ethyl adjacent to an activating group) is 1. The van der Waals surface area contributed by atoms with Crippen molar-refractivity contribution in [1.29, 1.82) is 0 Å². The van der Waals surface area contributed by atoms with Gasteiger partial charge in [-0.05, 0) is 67.8 Å². The van der Waals surface area contributed by atoms with E-state index in [0.29, 0.717) is 12.0 Å². The molecule has 0 aromatic heterocycles. The maximum atomic E-state index is 13.7. The first-order chi connectivity index (χ1) is 9.51. The molecule has 2 aromatic rings. The van der Waals surface area contributed by atoms with E-state index in [9.17, 15) is 8.78 Å². The van der Waals surface area contributed by atoms with Gasteiger partial charge >= 0.3 is 0 Å². The number of hydrogen-bond acceptors (Lipinski definition) is 1. The van der Waals surface area contributed by atoms with Gasteiger partial charge in [0.2, 0.25) is 0 Å². The van der Waals surface area contributed by atoms with E-state index in [4.69, 9.17) is 0 Å². The highest BCUT2D eigenvalue weighted by atomic mass is 19.1. The minimum Gasteiger partial charge on any atom is -0.313 e. The van der Waals surface area contributed by atoms with E-state index in [1.54, 1.807) is 25.1 Å². The normalized spacial score (nSPS) is 12.4. The molecule has 0 aliphatic carbocycles. The smallest absolute Gasteiger partial charge is 0.126 e. The van der Waals surface area contributed by atoms with Crippen molar-refractivity contribution in [2.24, 2.45) is 0 Å². The van der Waals surface area contributed by atoms with Crippen molar-refractivity contribution in [2.75, 3.05) is 7.05 Å². The molecule has 0 radical (unpaired) electrons. The van der Waals surface area contributed by atoms with E-state index in [1.165, 1.54) is 12.1 Å².